The number of rotatable bonds is 2. The monoisotopic (exact) mass is 289 g/mol. The third kappa shape index (κ3) is 2.80. The smallest absolute Gasteiger partial charge is 0.263 e. The van der Waals surface area contributed by atoms with Crippen LogP contribution in [0.2, 0.25) is 0 Å². The summed E-state index contributed by atoms with van der Waals surface area (Å²) in [6, 6.07) is 7.60. The van der Waals surface area contributed by atoms with Crippen LogP contribution in [0.5, 0.6) is 0 Å². The molecule has 0 aliphatic carbocycles. The minimum Gasteiger partial charge on any atom is -0.311 e. The number of alkyl halides is 2. The molecule has 0 amide bonds. The third-order valence-electron chi connectivity index (χ3n) is 3.02. The van der Waals surface area contributed by atoms with Crippen LogP contribution in [0.15, 0.2) is 28.7 Å². The summed E-state index contributed by atoms with van der Waals surface area (Å²) in [7, 11) is 0. The first-order valence-corrected chi connectivity index (χ1v) is 6.20. The van der Waals surface area contributed by atoms with E-state index >= 15 is 0 Å². The molecule has 1 saturated heterocycles. The fraction of sp³-hybridized carbons (Fsp3) is 0.500. The van der Waals surface area contributed by atoms with Crippen LogP contribution in [-0.4, -0.2) is 19.0 Å². The summed E-state index contributed by atoms with van der Waals surface area (Å²) < 4.78 is 28.1. The van der Waals surface area contributed by atoms with Crippen LogP contribution in [0.4, 0.5) is 8.78 Å². The van der Waals surface area contributed by atoms with Gasteiger partial charge >= 0.3 is 0 Å². The van der Waals surface area contributed by atoms with Crippen molar-refractivity contribution in [3.8, 4) is 0 Å². The maximum Gasteiger partial charge on any atom is 0.263 e. The molecular weight excluding hydrogens is 276 g/mol. The van der Waals surface area contributed by atoms with Crippen LogP contribution in [0, 0.1) is 5.92 Å². The molecule has 16 heavy (non-hydrogen) atoms. The van der Waals surface area contributed by atoms with E-state index in [-0.39, 0.29) is 6.54 Å². The van der Waals surface area contributed by atoms with E-state index in [1.54, 1.807) is 0 Å². The Bertz CT molecular complexity index is 351. The highest BCUT2D eigenvalue weighted by Crippen LogP contribution is 2.32. The molecule has 0 radical (unpaired) electrons. The van der Waals surface area contributed by atoms with Gasteiger partial charge in [-0.15, -0.1) is 0 Å². The fourth-order valence-corrected chi connectivity index (χ4v) is 2.31. The number of nitrogens with one attached hydrogen (secondary N) is 1. The zero-order valence-corrected chi connectivity index (χ0v) is 10.4. The molecule has 1 unspecified atom stereocenters. The zero-order chi connectivity index (χ0) is 11.6. The maximum absolute atomic E-state index is 13.6. The van der Waals surface area contributed by atoms with Gasteiger partial charge in [0, 0.05) is 10.4 Å². The van der Waals surface area contributed by atoms with Gasteiger partial charge in [-0.1, -0.05) is 28.1 Å². The molecule has 0 aromatic heterocycles. The fourth-order valence-electron chi connectivity index (χ4n) is 2.04. The molecule has 1 atom stereocenters. The van der Waals surface area contributed by atoms with Gasteiger partial charge in [-0.25, -0.2) is 8.78 Å². The Kier molecular flexibility index (Phi) is 3.60. The maximum atomic E-state index is 13.6. The third-order valence-corrected chi connectivity index (χ3v) is 3.55. The van der Waals surface area contributed by atoms with Gasteiger partial charge in [-0.05, 0) is 37.1 Å². The average molecular weight is 290 g/mol. The van der Waals surface area contributed by atoms with Gasteiger partial charge < -0.3 is 5.32 Å². The van der Waals surface area contributed by atoms with Crippen molar-refractivity contribution in [2.24, 2.45) is 5.92 Å². The van der Waals surface area contributed by atoms with E-state index < -0.39 is 11.8 Å². The molecule has 1 heterocycles. The summed E-state index contributed by atoms with van der Waals surface area (Å²) in [6.07, 6.45) is 1.00. The average Bonchev–Trinajstić information content (AvgIpc) is 2.24. The molecule has 4 heteroatoms. The largest absolute Gasteiger partial charge is 0.311 e. The Hall–Kier alpha value is -0.480. The van der Waals surface area contributed by atoms with E-state index in [1.165, 1.54) is 0 Å². The second kappa shape index (κ2) is 4.80. The minimum atomic E-state index is -2.58. The summed E-state index contributed by atoms with van der Waals surface area (Å²) in [5, 5.41) is 2.74. The van der Waals surface area contributed by atoms with Crippen molar-refractivity contribution in [1.82, 2.24) is 5.32 Å². The van der Waals surface area contributed by atoms with Crippen molar-refractivity contribution in [1.29, 1.82) is 0 Å². The van der Waals surface area contributed by atoms with Gasteiger partial charge in [0.2, 0.25) is 0 Å². The van der Waals surface area contributed by atoms with Crippen molar-refractivity contribution in [3.05, 3.63) is 34.3 Å². The standard InChI is InChI=1S/C12H14BrF2N/c13-11-3-1-9(2-4-11)7-10-5-6-16-8-12(10,14)15/h1-4,10,16H,5-8H2. The van der Waals surface area contributed by atoms with E-state index in [9.17, 15) is 8.78 Å². The van der Waals surface area contributed by atoms with Crippen LogP contribution in [0.25, 0.3) is 0 Å². The predicted octanol–water partition coefficient (Wildman–Crippen LogP) is 3.24. The Morgan fingerprint density at radius 2 is 2.00 bits per heavy atom. The van der Waals surface area contributed by atoms with E-state index in [1.807, 2.05) is 24.3 Å². The van der Waals surface area contributed by atoms with Crippen molar-refractivity contribution in [2.45, 2.75) is 18.8 Å². The second-order valence-corrected chi connectivity index (χ2v) is 5.17. The number of hydrogen-bond donors (Lipinski definition) is 1. The predicted molar refractivity (Wildman–Crippen MR) is 63.8 cm³/mol. The lowest BCUT2D eigenvalue weighted by Crippen LogP contribution is -2.46. The molecule has 1 N–H and O–H groups in total. The van der Waals surface area contributed by atoms with Crippen LogP contribution in [0.1, 0.15) is 12.0 Å². The Morgan fingerprint density at radius 3 is 2.62 bits per heavy atom. The summed E-state index contributed by atoms with van der Waals surface area (Å²) >= 11 is 3.33. The first-order chi connectivity index (χ1) is 7.58. The van der Waals surface area contributed by atoms with Crippen molar-refractivity contribution in [2.75, 3.05) is 13.1 Å². The number of hydrogen-bond acceptors (Lipinski definition) is 1. The molecule has 1 aliphatic rings. The van der Waals surface area contributed by atoms with Crippen molar-refractivity contribution >= 4 is 15.9 Å². The van der Waals surface area contributed by atoms with Gasteiger partial charge in [0.05, 0.1) is 6.54 Å². The van der Waals surface area contributed by atoms with E-state index in [0.717, 1.165) is 10.0 Å². The normalized spacial score (nSPS) is 24.3. The summed E-state index contributed by atoms with van der Waals surface area (Å²) in [4.78, 5) is 0. The number of benzene rings is 1. The quantitative estimate of drug-likeness (QED) is 0.881. The topological polar surface area (TPSA) is 12.0 Å². The molecule has 1 aliphatic heterocycles. The molecule has 1 aromatic rings. The molecular formula is C12H14BrF2N. The van der Waals surface area contributed by atoms with Crippen LogP contribution in [0.3, 0.4) is 0 Å². The SMILES string of the molecule is FC1(F)CNCCC1Cc1ccc(Br)cc1. The van der Waals surface area contributed by atoms with E-state index in [4.69, 9.17) is 0 Å². The lowest BCUT2D eigenvalue weighted by atomic mass is 9.88. The Morgan fingerprint density at radius 1 is 1.31 bits per heavy atom. The molecule has 1 aromatic carbocycles. The van der Waals surface area contributed by atoms with Crippen LogP contribution >= 0.6 is 15.9 Å². The van der Waals surface area contributed by atoms with E-state index in [2.05, 4.69) is 21.2 Å². The first-order valence-electron chi connectivity index (χ1n) is 5.41. The van der Waals surface area contributed by atoms with Crippen molar-refractivity contribution < 1.29 is 8.78 Å². The van der Waals surface area contributed by atoms with E-state index in [0.29, 0.717) is 19.4 Å². The molecule has 1 nitrogen and oxygen atoms in total. The Balaban J connectivity index is 2.05. The lowest BCUT2D eigenvalue weighted by Gasteiger charge is -2.31. The van der Waals surface area contributed by atoms with Gasteiger partial charge in [0.15, 0.2) is 0 Å². The highest BCUT2D eigenvalue weighted by Gasteiger charge is 2.41. The highest BCUT2D eigenvalue weighted by molar-refractivity contribution is 9.10. The number of halogens is 3. The lowest BCUT2D eigenvalue weighted by molar-refractivity contribution is -0.0727. The number of piperidine rings is 1. The molecule has 2 rings (SSSR count). The molecule has 0 spiro atoms. The zero-order valence-electron chi connectivity index (χ0n) is 8.85. The first kappa shape index (κ1) is 12.0. The summed E-state index contributed by atoms with van der Waals surface area (Å²) in [6.45, 7) is 0.505. The molecule has 0 saturated carbocycles. The van der Waals surface area contributed by atoms with Gasteiger partial charge in [-0.3, -0.25) is 0 Å². The van der Waals surface area contributed by atoms with Crippen LogP contribution < -0.4 is 5.32 Å². The van der Waals surface area contributed by atoms with Crippen LogP contribution in [-0.2, 0) is 6.42 Å². The Labute approximate surface area is 102 Å². The van der Waals surface area contributed by atoms with Gasteiger partial charge in [0.1, 0.15) is 0 Å². The van der Waals surface area contributed by atoms with Crippen molar-refractivity contribution in [3.63, 3.8) is 0 Å². The second-order valence-electron chi connectivity index (χ2n) is 4.25. The minimum absolute atomic E-state index is 0.186. The molecule has 1 fully saturated rings. The molecule has 0 bridgehead atoms. The molecule has 88 valence electrons. The summed E-state index contributed by atoms with van der Waals surface area (Å²) in [5.41, 5.74) is 0.981. The van der Waals surface area contributed by atoms with Gasteiger partial charge in [0.25, 0.3) is 5.92 Å². The summed E-state index contributed by atoms with van der Waals surface area (Å²) in [5.74, 6) is -3.11. The highest BCUT2D eigenvalue weighted by atomic mass is 79.9. The van der Waals surface area contributed by atoms with Gasteiger partial charge in [-0.2, -0.15) is 0 Å².